The van der Waals surface area contributed by atoms with Crippen LogP contribution in [0.2, 0.25) is 0 Å². The SMILES string of the molecule is O=C(O)C(C(=O)c1ccccc1)C(=O)c1ccccc1.OCCSCCO. The van der Waals surface area contributed by atoms with Gasteiger partial charge in [-0.3, -0.25) is 14.4 Å². The number of hydrogen-bond acceptors (Lipinski definition) is 6. The molecule has 0 aliphatic carbocycles. The van der Waals surface area contributed by atoms with Gasteiger partial charge in [0.05, 0.1) is 13.2 Å². The minimum Gasteiger partial charge on any atom is -0.480 e. The van der Waals surface area contributed by atoms with Crippen LogP contribution in [0.15, 0.2) is 60.7 Å². The fourth-order valence-electron chi connectivity index (χ4n) is 2.11. The first kappa shape index (κ1) is 22.6. The molecule has 6 nitrogen and oxygen atoms in total. The largest absolute Gasteiger partial charge is 0.480 e. The Labute approximate surface area is 161 Å². The van der Waals surface area contributed by atoms with Crippen LogP contribution in [0.5, 0.6) is 0 Å². The lowest BCUT2D eigenvalue weighted by Gasteiger charge is -2.10. The van der Waals surface area contributed by atoms with Gasteiger partial charge in [0.15, 0.2) is 17.5 Å². The van der Waals surface area contributed by atoms with E-state index in [1.165, 1.54) is 24.3 Å². The smallest absolute Gasteiger partial charge is 0.322 e. The Kier molecular flexibility index (Phi) is 10.7. The quantitative estimate of drug-likeness (QED) is 0.342. The van der Waals surface area contributed by atoms with Crippen LogP contribution in [0.1, 0.15) is 20.7 Å². The van der Waals surface area contributed by atoms with Crippen LogP contribution in [-0.2, 0) is 4.79 Å². The number of ketones is 2. The summed E-state index contributed by atoms with van der Waals surface area (Å²) in [6.45, 7) is 0.426. The first-order chi connectivity index (χ1) is 13.0. The zero-order chi connectivity index (χ0) is 20.1. The molecule has 0 aliphatic heterocycles. The number of rotatable bonds is 9. The van der Waals surface area contributed by atoms with E-state index < -0.39 is 23.5 Å². The number of benzene rings is 2. The number of carbonyl (C=O) groups excluding carboxylic acids is 2. The predicted molar refractivity (Wildman–Crippen MR) is 104 cm³/mol. The summed E-state index contributed by atoms with van der Waals surface area (Å²) < 4.78 is 0. The summed E-state index contributed by atoms with van der Waals surface area (Å²) in [5.74, 6) is -3.08. The van der Waals surface area contributed by atoms with Gasteiger partial charge < -0.3 is 15.3 Å². The van der Waals surface area contributed by atoms with Gasteiger partial charge in [-0.2, -0.15) is 11.8 Å². The van der Waals surface area contributed by atoms with Gasteiger partial charge in [0, 0.05) is 22.6 Å². The Bertz CT molecular complexity index is 662. The Hall–Kier alpha value is -2.48. The van der Waals surface area contributed by atoms with Crippen molar-refractivity contribution in [1.82, 2.24) is 0 Å². The summed E-state index contributed by atoms with van der Waals surface area (Å²) in [4.78, 5) is 35.7. The molecule has 2 rings (SSSR count). The summed E-state index contributed by atoms with van der Waals surface area (Å²) >= 11 is 1.55. The summed E-state index contributed by atoms with van der Waals surface area (Å²) in [5.41, 5.74) is 0.424. The number of Topliss-reactive ketones (excluding diaryl/α,β-unsaturated/α-hetero) is 2. The number of thioether (sulfide) groups is 1. The van der Waals surface area contributed by atoms with Crippen molar-refractivity contribution in [1.29, 1.82) is 0 Å². The molecule has 0 bridgehead atoms. The molecule has 0 atom stereocenters. The predicted octanol–water partition coefficient (Wildman–Crippen LogP) is 2.16. The van der Waals surface area contributed by atoms with Gasteiger partial charge >= 0.3 is 5.97 Å². The Balaban J connectivity index is 0.000000445. The molecular formula is C20H22O6S. The van der Waals surface area contributed by atoms with Crippen molar-refractivity contribution in [2.75, 3.05) is 24.7 Å². The molecule has 0 unspecified atom stereocenters. The number of aliphatic carboxylic acids is 1. The third-order valence-electron chi connectivity index (χ3n) is 3.36. The molecule has 7 heteroatoms. The highest BCUT2D eigenvalue weighted by atomic mass is 32.2. The molecule has 0 heterocycles. The molecule has 2 aromatic carbocycles. The second-order valence-electron chi connectivity index (χ2n) is 5.29. The van der Waals surface area contributed by atoms with Gasteiger partial charge in [-0.15, -0.1) is 0 Å². The standard InChI is InChI=1S/C16H12O4.C4H10O2S/c17-14(11-7-3-1-4-8-11)13(16(19)20)15(18)12-9-5-2-6-10-12;5-1-3-7-4-2-6/h1-10,13H,(H,19,20);5-6H,1-4H2. The Morgan fingerprint density at radius 1 is 0.741 bits per heavy atom. The molecule has 0 aliphatic rings. The fourth-order valence-corrected chi connectivity index (χ4v) is 2.58. The van der Waals surface area contributed by atoms with Crippen LogP contribution in [0, 0.1) is 5.92 Å². The van der Waals surface area contributed by atoms with Crippen LogP contribution in [0.4, 0.5) is 0 Å². The third-order valence-corrected chi connectivity index (χ3v) is 4.30. The average molecular weight is 390 g/mol. The maximum atomic E-state index is 12.2. The number of aliphatic hydroxyl groups is 2. The Morgan fingerprint density at radius 3 is 1.41 bits per heavy atom. The molecule has 3 N–H and O–H groups in total. The molecule has 0 aromatic heterocycles. The number of hydrogen-bond donors (Lipinski definition) is 3. The molecule has 0 fully saturated rings. The van der Waals surface area contributed by atoms with E-state index in [4.69, 9.17) is 10.2 Å². The molecule has 0 radical (unpaired) electrons. The summed E-state index contributed by atoms with van der Waals surface area (Å²) in [6.07, 6.45) is 0. The van der Waals surface area contributed by atoms with Gasteiger partial charge in [-0.1, -0.05) is 60.7 Å². The number of carbonyl (C=O) groups is 3. The van der Waals surface area contributed by atoms with Crippen molar-refractivity contribution in [3.8, 4) is 0 Å². The van der Waals surface area contributed by atoms with E-state index in [-0.39, 0.29) is 24.3 Å². The van der Waals surface area contributed by atoms with Crippen LogP contribution in [0.3, 0.4) is 0 Å². The summed E-state index contributed by atoms with van der Waals surface area (Å²) in [5, 5.41) is 25.6. The molecule has 0 saturated heterocycles. The maximum absolute atomic E-state index is 12.2. The van der Waals surface area contributed by atoms with Crippen molar-refractivity contribution in [2.45, 2.75) is 0 Å². The van der Waals surface area contributed by atoms with Gasteiger partial charge in [0.2, 0.25) is 0 Å². The second-order valence-corrected chi connectivity index (χ2v) is 6.52. The van der Waals surface area contributed by atoms with Gasteiger partial charge in [0.1, 0.15) is 0 Å². The van der Waals surface area contributed by atoms with E-state index in [1.807, 2.05) is 0 Å². The molecule has 0 saturated carbocycles. The zero-order valence-corrected chi connectivity index (χ0v) is 15.5. The number of aliphatic hydroxyl groups excluding tert-OH is 2. The van der Waals surface area contributed by atoms with E-state index >= 15 is 0 Å². The lowest BCUT2D eigenvalue weighted by molar-refractivity contribution is -0.138. The summed E-state index contributed by atoms with van der Waals surface area (Å²) in [6, 6.07) is 15.9. The van der Waals surface area contributed by atoms with Crippen molar-refractivity contribution in [3.63, 3.8) is 0 Å². The monoisotopic (exact) mass is 390 g/mol. The van der Waals surface area contributed by atoms with Crippen molar-refractivity contribution in [2.24, 2.45) is 5.92 Å². The highest BCUT2D eigenvalue weighted by Gasteiger charge is 2.34. The van der Waals surface area contributed by atoms with E-state index in [1.54, 1.807) is 48.2 Å². The van der Waals surface area contributed by atoms with E-state index in [9.17, 15) is 19.5 Å². The maximum Gasteiger partial charge on any atom is 0.322 e. The molecule has 144 valence electrons. The summed E-state index contributed by atoms with van der Waals surface area (Å²) in [7, 11) is 0. The number of carboxylic acid groups (broad SMARTS) is 1. The van der Waals surface area contributed by atoms with Crippen LogP contribution in [-0.4, -0.2) is 57.6 Å². The topological polar surface area (TPSA) is 112 Å². The highest BCUT2D eigenvalue weighted by molar-refractivity contribution is 7.99. The zero-order valence-electron chi connectivity index (χ0n) is 14.7. The van der Waals surface area contributed by atoms with E-state index in [2.05, 4.69) is 0 Å². The van der Waals surface area contributed by atoms with Gasteiger partial charge in [0.25, 0.3) is 0 Å². The van der Waals surface area contributed by atoms with Crippen molar-refractivity contribution >= 4 is 29.3 Å². The third kappa shape index (κ3) is 7.74. The lowest BCUT2D eigenvalue weighted by atomic mass is 9.90. The lowest BCUT2D eigenvalue weighted by Crippen LogP contribution is -2.32. The minimum atomic E-state index is -1.71. The number of carboxylic acids is 1. The molecule has 0 spiro atoms. The minimum absolute atomic E-state index is 0.212. The van der Waals surface area contributed by atoms with Crippen LogP contribution in [0.25, 0.3) is 0 Å². The van der Waals surface area contributed by atoms with Gasteiger partial charge in [-0.05, 0) is 0 Å². The van der Waals surface area contributed by atoms with Crippen molar-refractivity contribution in [3.05, 3.63) is 71.8 Å². The fraction of sp³-hybridized carbons (Fsp3) is 0.250. The van der Waals surface area contributed by atoms with Crippen LogP contribution >= 0.6 is 11.8 Å². The van der Waals surface area contributed by atoms with E-state index in [0.717, 1.165) is 11.5 Å². The van der Waals surface area contributed by atoms with Crippen molar-refractivity contribution < 1.29 is 29.7 Å². The first-order valence-corrected chi connectivity index (χ1v) is 9.39. The Morgan fingerprint density at radius 2 is 1.11 bits per heavy atom. The molecule has 0 amide bonds. The normalized spacial score (nSPS) is 10.0. The molecule has 27 heavy (non-hydrogen) atoms. The van der Waals surface area contributed by atoms with Gasteiger partial charge in [-0.25, -0.2) is 0 Å². The molecule has 2 aromatic rings. The first-order valence-electron chi connectivity index (χ1n) is 8.23. The van der Waals surface area contributed by atoms with E-state index in [0.29, 0.717) is 0 Å². The second kappa shape index (κ2) is 12.8. The van der Waals surface area contributed by atoms with Crippen LogP contribution < -0.4 is 0 Å². The average Bonchev–Trinajstić information content (AvgIpc) is 2.70. The highest BCUT2D eigenvalue weighted by Crippen LogP contribution is 2.15. The molecular weight excluding hydrogens is 368 g/mol.